The lowest BCUT2D eigenvalue weighted by Gasteiger charge is -2.13. The molecule has 0 aliphatic heterocycles. The summed E-state index contributed by atoms with van der Waals surface area (Å²) in [5.74, 6) is 0.975. The van der Waals surface area contributed by atoms with Gasteiger partial charge in [-0.15, -0.1) is 0 Å². The Morgan fingerprint density at radius 3 is 2.43 bits per heavy atom. The van der Waals surface area contributed by atoms with Crippen molar-refractivity contribution in [1.29, 1.82) is 0 Å². The second-order valence-corrected chi connectivity index (χ2v) is 5.91. The SMILES string of the molecule is Clc1ccccc1NCc1ccc(OC2CCCC2)cc1. The minimum absolute atomic E-state index is 0.414. The molecule has 0 aromatic heterocycles. The van der Waals surface area contributed by atoms with Gasteiger partial charge in [0.05, 0.1) is 16.8 Å². The van der Waals surface area contributed by atoms with Gasteiger partial charge in [0.1, 0.15) is 5.75 Å². The standard InChI is InChI=1S/C18H20ClNO/c19-17-7-3-4-8-18(17)20-13-14-9-11-16(12-10-14)21-15-5-1-2-6-15/h3-4,7-12,15,20H,1-2,5-6,13H2. The summed E-state index contributed by atoms with van der Waals surface area (Å²) >= 11 is 6.13. The molecule has 1 aliphatic carbocycles. The highest BCUT2D eigenvalue weighted by Crippen LogP contribution is 2.25. The number of benzene rings is 2. The largest absolute Gasteiger partial charge is 0.490 e. The van der Waals surface area contributed by atoms with Gasteiger partial charge in [0, 0.05) is 6.54 Å². The molecule has 0 unspecified atom stereocenters. The maximum atomic E-state index is 6.13. The van der Waals surface area contributed by atoms with Gasteiger partial charge in [0.15, 0.2) is 0 Å². The van der Waals surface area contributed by atoms with E-state index in [1.165, 1.54) is 31.2 Å². The minimum Gasteiger partial charge on any atom is -0.490 e. The van der Waals surface area contributed by atoms with E-state index in [4.69, 9.17) is 16.3 Å². The summed E-state index contributed by atoms with van der Waals surface area (Å²) in [6.07, 6.45) is 5.39. The van der Waals surface area contributed by atoms with Crippen molar-refractivity contribution in [3.05, 3.63) is 59.1 Å². The number of nitrogens with one attached hydrogen (secondary N) is 1. The van der Waals surface area contributed by atoms with Gasteiger partial charge in [-0.3, -0.25) is 0 Å². The molecule has 2 aromatic carbocycles. The van der Waals surface area contributed by atoms with Crippen LogP contribution in [0.1, 0.15) is 31.2 Å². The molecule has 2 nitrogen and oxygen atoms in total. The van der Waals surface area contributed by atoms with E-state index in [1.807, 2.05) is 24.3 Å². The first-order valence-corrected chi connectivity index (χ1v) is 7.93. The van der Waals surface area contributed by atoms with Crippen LogP contribution in [-0.4, -0.2) is 6.10 Å². The third kappa shape index (κ3) is 3.92. The molecule has 0 atom stereocenters. The third-order valence-electron chi connectivity index (χ3n) is 3.89. The number of ether oxygens (including phenoxy) is 1. The third-order valence-corrected chi connectivity index (χ3v) is 4.21. The molecule has 110 valence electrons. The molecule has 0 heterocycles. The van der Waals surface area contributed by atoms with E-state index in [2.05, 4.69) is 29.6 Å². The van der Waals surface area contributed by atoms with E-state index in [9.17, 15) is 0 Å². The van der Waals surface area contributed by atoms with E-state index in [0.29, 0.717) is 6.10 Å². The van der Waals surface area contributed by atoms with E-state index in [1.54, 1.807) is 0 Å². The van der Waals surface area contributed by atoms with Crippen LogP contribution in [0.5, 0.6) is 5.75 Å². The normalized spacial score (nSPS) is 15.1. The summed E-state index contributed by atoms with van der Waals surface area (Å²) < 4.78 is 5.97. The van der Waals surface area contributed by atoms with Crippen LogP contribution in [0, 0.1) is 0 Å². The van der Waals surface area contributed by atoms with Crippen LogP contribution in [0.4, 0.5) is 5.69 Å². The van der Waals surface area contributed by atoms with Crippen molar-refractivity contribution in [1.82, 2.24) is 0 Å². The van der Waals surface area contributed by atoms with Crippen LogP contribution < -0.4 is 10.1 Å². The van der Waals surface area contributed by atoms with Crippen molar-refractivity contribution >= 4 is 17.3 Å². The predicted octanol–water partition coefficient (Wildman–Crippen LogP) is 5.27. The molecule has 1 fully saturated rings. The lowest BCUT2D eigenvalue weighted by atomic mass is 10.2. The molecule has 0 spiro atoms. The molecule has 0 saturated heterocycles. The van der Waals surface area contributed by atoms with Gasteiger partial charge in [-0.05, 0) is 55.5 Å². The van der Waals surface area contributed by atoms with Crippen LogP contribution >= 0.6 is 11.6 Å². The fourth-order valence-corrected chi connectivity index (χ4v) is 2.89. The Kier molecular flexibility index (Phi) is 4.66. The monoisotopic (exact) mass is 301 g/mol. The zero-order chi connectivity index (χ0) is 14.5. The molecule has 1 saturated carbocycles. The van der Waals surface area contributed by atoms with Crippen molar-refractivity contribution in [3.8, 4) is 5.75 Å². The van der Waals surface area contributed by atoms with Crippen LogP contribution in [0.15, 0.2) is 48.5 Å². The second-order valence-electron chi connectivity index (χ2n) is 5.50. The molecule has 0 bridgehead atoms. The lowest BCUT2D eigenvalue weighted by molar-refractivity contribution is 0.210. The van der Waals surface area contributed by atoms with Gasteiger partial charge in [-0.1, -0.05) is 35.9 Å². The lowest BCUT2D eigenvalue weighted by Crippen LogP contribution is -2.10. The Balaban J connectivity index is 1.55. The second kappa shape index (κ2) is 6.86. The zero-order valence-electron chi connectivity index (χ0n) is 12.0. The first-order valence-electron chi connectivity index (χ1n) is 7.55. The molecule has 2 aromatic rings. The van der Waals surface area contributed by atoms with Crippen molar-refractivity contribution < 1.29 is 4.74 Å². The summed E-state index contributed by atoms with van der Waals surface area (Å²) in [6, 6.07) is 16.1. The van der Waals surface area contributed by atoms with Crippen LogP contribution in [0.2, 0.25) is 5.02 Å². The first-order chi connectivity index (χ1) is 10.3. The number of anilines is 1. The molecular formula is C18H20ClNO. The summed E-state index contributed by atoms with van der Waals surface area (Å²) in [5.41, 5.74) is 2.18. The van der Waals surface area contributed by atoms with E-state index in [0.717, 1.165) is 23.0 Å². The number of halogens is 1. The molecule has 0 radical (unpaired) electrons. The smallest absolute Gasteiger partial charge is 0.119 e. The van der Waals surface area contributed by atoms with Crippen LogP contribution in [0.25, 0.3) is 0 Å². The zero-order valence-corrected chi connectivity index (χ0v) is 12.8. The van der Waals surface area contributed by atoms with Crippen LogP contribution in [-0.2, 0) is 6.54 Å². The Morgan fingerprint density at radius 1 is 1.00 bits per heavy atom. The highest BCUT2D eigenvalue weighted by molar-refractivity contribution is 6.33. The molecule has 3 rings (SSSR count). The fraction of sp³-hybridized carbons (Fsp3) is 0.333. The van der Waals surface area contributed by atoms with E-state index >= 15 is 0 Å². The number of hydrogen-bond donors (Lipinski definition) is 1. The highest BCUT2D eigenvalue weighted by atomic mass is 35.5. The Hall–Kier alpha value is -1.67. The molecule has 1 aliphatic rings. The molecular weight excluding hydrogens is 282 g/mol. The van der Waals surface area contributed by atoms with Gasteiger partial charge in [0.2, 0.25) is 0 Å². The maximum absolute atomic E-state index is 6.13. The average molecular weight is 302 g/mol. The maximum Gasteiger partial charge on any atom is 0.119 e. The van der Waals surface area contributed by atoms with Crippen molar-refractivity contribution in [2.24, 2.45) is 0 Å². The minimum atomic E-state index is 0.414. The summed E-state index contributed by atoms with van der Waals surface area (Å²) in [4.78, 5) is 0. The number of hydrogen-bond acceptors (Lipinski definition) is 2. The number of para-hydroxylation sites is 1. The molecule has 3 heteroatoms. The van der Waals surface area contributed by atoms with Gasteiger partial charge in [-0.25, -0.2) is 0 Å². The molecule has 0 amide bonds. The average Bonchev–Trinajstić information content (AvgIpc) is 3.01. The van der Waals surface area contributed by atoms with Gasteiger partial charge in [-0.2, -0.15) is 0 Å². The molecule has 21 heavy (non-hydrogen) atoms. The Morgan fingerprint density at radius 2 is 1.71 bits per heavy atom. The van der Waals surface area contributed by atoms with Crippen molar-refractivity contribution in [3.63, 3.8) is 0 Å². The first kappa shape index (κ1) is 14.3. The van der Waals surface area contributed by atoms with Gasteiger partial charge >= 0.3 is 0 Å². The van der Waals surface area contributed by atoms with E-state index < -0.39 is 0 Å². The summed E-state index contributed by atoms with van der Waals surface area (Å²) in [6.45, 7) is 0.757. The highest BCUT2D eigenvalue weighted by Gasteiger charge is 2.16. The van der Waals surface area contributed by atoms with Gasteiger partial charge in [0.25, 0.3) is 0 Å². The van der Waals surface area contributed by atoms with Crippen molar-refractivity contribution in [2.75, 3.05) is 5.32 Å². The van der Waals surface area contributed by atoms with E-state index in [-0.39, 0.29) is 0 Å². The number of rotatable bonds is 5. The quantitative estimate of drug-likeness (QED) is 0.812. The van der Waals surface area contributed by atoms with Crippen molar-refractivity contribution in [2.45, 2.75) is 38.3 Å². The predicted molar refractivity (Wildman–Crippen MR) is 88.1 cm³/mol. The van der Waals surface area contributed by atoms with Gasteiger partial charge < -0.3 is 10.1 Å². The topological polar surface area (TPSA) is 21.3 Å². The summed E-state index contributed by atoms with van der Waals surface area (Å²) in [5, 5.41) is 4.10. The Bertz CT molecular complexity index is 576. The van der Waals surface area contributed by atoms with Crippen LogP contribution in [0.3, 0.4) is 0 Å². The molecule has 1 N–H and O–H groups in total. The fourth-order valence-electron chi connectivity index (χ4n) is 2.69. The Labute approximate surface area is 131 Å². The summed E-state index contributed by atoms with van der Waals surface area (Å²) in [7, 11) is 0.